The van der Waals surface area contributed by atoms with Gasteiger partial charge in [0.15, 0.2) is 5.82 Å². The second-order valence-electron chi connectivity index (χ2n) is 4.90. The van der Waals surface area contributed by atoms with E-state index in [-0.39, 0.29) is 0 Å². The maximum Gasteiger partial charge on any atom is 0.235 e. The Morgan fingerprint density at radius 1 is 1.14 bits per heavy atom. The van der Waals surface area contributed by atoms with Crippen LogP contribution in [0.2, 0.25) is 0 Å². The number of nitrogens with zero attached hydrogens (tertiary/aromatic N) is 3. The summed E-state index contributed by atoms with van der Waals surface area (Å²) in [6.45, 7) is 4.15. The van der Waals surface area contributed by atoms with Gasteiger partial charge in [-0.1, -0.05) is 6.07 Å². The topological polar surface area (TPSA) is 59.9 Å². The normalized spacial score (nSPS) is 11.0. The van der Waals surface area contributed by atoms with Crippen molar-refractivity contribution in [2.45, 2.75) is 19.9 Å². The van der Waals surface area contributed by atoms with Crippen molar-refractivity contribution in [3.05, 3.63) is 29.6 Å². The van der Waals surface area contributed by atoms with Crippen LogP contribution in [0.5, 0.6) is 5.88 Å². The summed E-state index contributed by atoms with van der Waals surface area (Å²) in [6, 6.07) is 8.06. The minimum absolute atomic E-state index is 0.322. The first kappa shape index (κ1) is 13.8. The number of methoxy groups -OCH3 is 1. The fourth-order valence-electron chi connectivity index (χ4n) is 2.02. The number of anilines is 1. The molecule has 3 heterocycles. The van der Waals surface area contributed by atoms with E-state index < -0.39 is 0 Å². The van der Waals surface area contributed by atoms with Crippen LogP contribution < -0.4 is 10.1 Å². The van der Waals surface area contributed by atoms with Gasteiger partial charge in [0.2, 0.25) is 5.88 Å². The Morgan fingerprint density at radius 2 is 2.00 bits per heavy atom. The Labute approximate surface area is 127 Å². The zero-order valence-corrected chi connectivity index (χ0v) is 12.9. The fourth-order valence-corrected chi connectivity index (χ4v) is 2.82. The van der Waals surface area contributed by atoms with Gasteiger partial charge in [-0.25, -0.2) is 9.97 Å². The zero-order chi connectivity index (χ0) is 14.8. The van der Waals surface area contributed by atoms with E-state index in [4.69, 9.17) is 4.74 Å². The highest BCUT2D eigenvalue weighted by Crippen LogP contribution is 2.30. The molecule has 0 aliphatic carbocycles. The molecule has 0 radical (unpaired) electrons. The largest absolute Gasteiger partial charge is 0.480 e. The number of rotatable bonds is 4. The zero-order valence-electron chi connectivity index (χ0n) is 12.1. The Bertz CT molecular complexity index is 769. The predicted octanol–water partition coefficient (Wildman–Crippen LogP) is 3.58. The summed E-state index contributed by atoms with van der Waals surface area (Å²) in [5.74, 6) is 1.98. The minimum Gasteiger partial charge on any atom is -0.480 e. The quantitative estimate of drug-likeness (QED) is 0.798. The van der Waals surface area contributed by atoms with Crippen LogP contribution in [0.3, 0.4) is 0 Å². The number of aromatic nitrogens is 3. The average molecular weight is 300 g/mol. The second kappa shape index (κ2) is 5.65. The molecule has 0 unspecified atom stereocenters. The van der Waals surface area contributed by atoms with Gasteiger partial charge >= 0.3 is 0 Å². The fraction of sp³-hybridized carbons (Fsp3) is 0.267. The Hall–Kier alpha value is -2.21. The van der Waals surface area contributed by atoms with E-state index in [9.17, 15) is 0 Å². The van der Waals surface area contributed by atoms with Crippen LogP contribution in [0.25, 0.3) is 21.7 Å². The lowest BCUT2D eigenvalue weighted by Gasteiger charge is -2.10. The molecule has 6 heteroatoms. The molecule has 0 amide bonds. The standard InChI is InChI=1S/C15H16N4OS/c1-9(2)16-12-6-4-5-11(17-12)14-18-10-7-8-21-13(10)15(19-14)20-3/h4-9H,1-3H3,(H,16,17). The highest BCUT2D eigenvalue weighted by atomic mass is 32.1. The summed E-state index contributed by atoms with van der Waals surface area (Å²) >= 11 is 1.57. The number of pyridine rings is 1. The van der Waals surface area contributed by atoms with Gasteiger partial charge in [-0.15, -0.1) is 11.3 Å². The van der Waals surface area contributed by atoms with Crippen molar-refractivity contribution in [1.82, 2.24) is 15.0 Å². The molecule has 1 N–H and O–H groups in total. The smallest absolute Gasteiger partial charge is 0.235 e. The first-order valence-electron chi connectivity index (χ1n) is 6.70. The van der Waals surface area contributed by atoms with Gasteiger partial charge in [-0.2, -0.15) is 4.98 Å². The summed E-state index contributed by atoms with van der Waals surface area (Å²) in [7, 11) is 1.62. The molecule has 3 aromatic heterocycles. The van der Waals surface area contributed by atoms with E-state index in [1.165, 1.54) is 0 Å². The molecule has 3 rings (SSSR count). The lowest BCUT2D eigenvalue weighted by atomic mass is 10.3. The molecular weight excluding hydrogens is 284 g/mol. The van der Waals surface area contributed by atoms with Crippen molar-refractivity contribution in [2.75, 3.05) is 12.4 Å². The third-order valence-corrected chi connectivity index (χ3v) is 3.77. The van der Waals surface area contributed by atoms with E-state index in [1.54, 1.807) is 18.4 Å². The number of nitrogens with one attached hydrogen (secondary N) is 1. The van der Waals surface area contributed by atoms with E-state index in [2.05, 4.69) is 34.1 Å². The number of hydrogen-bond acceptors (Lipinski definition) is 6. The molecule has 0 saturated carbocycles. The van der Waals surface area contributed by atoms with E-state index in [0.717, 1.165) is 21.7 Å². The summed E-state index contributed by atoms with van der Waals surface area (Å²) in [5, 5.41) is 5.26. The van der Waals surface area contributed by atoms with Gasteiger partial charge in [0.1, 0.15) is 16.2 Å². The summed E-state index contributed by atoms with van der Waals surface area (Å²) in [5.41, 5.74) is 1.61. The maximum absolute atomic E-state index is 5.36. The Kier molecular flexibility index (Phi) is 3.70. The molecule has 0 atom stereocenters. The number of hydrogen-bond donors (Lipinski definition) is 1. The average Bonchev–Trinajstić information content (AvgIpc) is 2.94. The molecule has 0 aliphatic rings. The lowest BCUT2D eigenvalue weighted by molar-refractivity contribution is 0.404. The summed E-state index contributed by atoms with van der Waals surface area (Å²) < 4.78 is 6.31. The van der Waals surface area contributed by atoms with Crippen LogP contribution in [0.1, 0.15) is 13.8 Å². The highest BCUT2D eigenvalue weighted by molar-refractivity contribution is 7.17. The molecule has 5 nitrogen and oxygen atoms in total. The Balaban J connectivity index is 2.07. The molecule has 0 fully saturated rings. The third kappa shape index (κ3) is 2.80. The molecule has 3 aromatic rings. The van der Waals surface area contributed by atoms with Gasteiger partial charge < -0.3 is 10.1 Å². The molecule has 108 valence electrons. The Morgan fingerprint density at radius 3 is 2.76 bits per heavy atom. The third-order valence-electron chi connectivity index (χ3n) is 2.88. The minimum atomic E-state index is 0.322. The summed E-state index contributed by atoms with van der Waals surface area (Å²) in [4.78, 5) is 13.6. The van der Waals surface area contributed by atoms with Crippen molar-refractivity contribution < 1.29 is 4.74 Å². The SMILES string of the molecule is COc1nc(-c2cccc(NC(C)C)n2)nc2ccsc12. The number of ether oxygens (including phenoxy) is 1. The van der Waals surface area contributed by atoms with Gasteiger partial charge in [-0.3, -0.25) is 0 Å². The predicted molar refractivity (Wildman–Crippen MR) is 86.0 cm³/mol. The first-order valence-corrected chi connectivity index (χ1v) is 7.58. The van der Waals surface area contributed by atoms with Gasteiger partial charge in [0.25, 0.3) is 0 Å². The molecule has 0 saturated heterocycles. The molecule has 0 aliphatic heterocycles. The monoisotopic (exact) mass is 300 g/mol. The molecular formula is C15H16N4OS. The van der Waals surface area contributed by atoms with Crippen LogP contribution >= 0.6 is 11.3 Å². The van der Waals surface area contributed by atoms with Crippen LogP contribution in [0.15, 0.2) is 29.6 Å². The lowest BCUT2D eigenvalue weighted by Crippen LogP contribution is -2.11. The molecule has 0 aromatic carbocycles. The van der Waals surface area contributed by atoms with E-state index in [0.29, 0.717) is 17.7 Å². The van der Waals surface area contributed by atoms with Crippen molar-refractivity contribution in [3.63, 3.8) is 0 Å². The highest BCUT2D eigenvalue weighted by Gasteiger charge is 2.12. The molecule has 0 bridgehead atoms. The van der Waals surface area contributed by atoms with Gasteiger partial charge in [0, 0.05) is 6.04 Å². The van der Waals surface area contributed by atoms with Gasteiger partial charge in [0.05, 0.1) is 12.6 Å². The number of fused-ring (bicyclic) bond motifs is 1. The van der Waals surface area contributed by atoms with Crippen LogP contribution in [0, 0.1) is 0 Å². The van der Waals surface area contributed by atoms with Crippen LogP contribution in [0.4, 0.5) is 5.82 Å². The van der Waals surface area contributed by atoms with Crippen molar-refractivity contribution in [2.24, 2.45) is 0 Å². The van der Waals surface area contributed by atoms with Crippen molar-refractivity contribution >= 4 is 27.4 Å². The van der Waals surface area contributed by atoms with Crippen LogP contribution in [-0.4, -0.2) is 28.1 Å². The summed E-state index contributed by atoms with van der Waals surface area (Å²) in [6.07, 6.45) is 0. The van der Waals surface area contributed by atoms with Crippen LogP contribution in [-0.2, 0) is 0 Å². The van der Waals surface area contributed by atoms with Crippen molar-refractivity contribution in [3.8, 4) is 17.4 Å². The first-order chi connectivity index (χ1) is 10.2. The number of thiophene rings is 1. The van der Waals surface area contributed by atoms with E-state index >= 15 is 0 Å². The molecule has 21 heavy (non-hydrogen) atoms. The van der Waals surface area contributed by atoms with E-state index in [1.807, 2.05) is 29.6 Å². The molecule has 0 spiro atoms. The van der Waals surface area contributed by atoms with Crippen molar-refractivity contribution in [1.29, 1.82) is 0 Å². The second-order valence-corrected chi connectivity index (χ2v) is 5.81. The van der Waals surface area contributed by atoms with Gasteiger partial charge in [-0.05, 0) is 37.4 Å². The maximum atomic E-state index is 5.36.